The summed E-state index contributed by atoms with van der Waals surface area (Å²) in [6.45, 7) is 0. The number of methoxy groups -OCH3 is 1. The molecule has 0 spiro atoms. The van der Waals surface area contributed by atoms with Crippen LogP contribution in [0.1, 0.15) is 24.4 Å². The number of hydrogen-bond acceptors (Lipinski definition) is 5. The van der Waals surface area contributed by atoms with Crippen LogP contribution in [-0.2, 0) is 14.8 Å². The van der Waals surface area contributed by atoms with Gasteiger partial charge in [-0.25, -0.2) is 13.1 Å². The molecule has 1 atom stereocenters. The van der Waals surface area contributed by atoms with Gasteiger partial charge in [0.1, 0.15) is 5.75 Å². The van der Waals surface area contributed by atoms with Gasteiger partial charge in [-0.3, -0.25) is 9.48 Å². The van der Waals surface area contributed by atoms with Crippen LogP contribution in [0.5, 0.6) is 5.75 Å². The lowest BCUT2D eigenvalue weighted by Gasteiger charge is -2.19. The molecule has 3 aromatic rings. The quantitative estimate of drug-likeness (QED) is 0.576. The number of nitrogens with zero attached hydrogens (tertiary/aromatic N) is 2. The molecule has 0 radical (unpaired) electrons. The zero-order chi connectivity index (χ0) is 21.1. The Bertz CT molecular complexity index is 1130. The zero-order valence-corrected chi connectivity index (χ0v) is 17.2. The summed E-state index contributed by atoms with van der Waals surface area (Å²) in [5.74, 6) is -0.00565. The third kappa shape index (κ3) is 4.37. The van der Waals surface area contributed by atoms with Gasteiger partial charge in [0.25, 0.3) is 5.91 Å². The van der Waals surface area contributed by atoms with Crippen molar-refractivity contribution in [3.05, 3.63) is 72.6 Å². The van der Waals surface area contributed by atoms with Crippen molar-refractivity contribution in [2.45, 2.75) is 29.8 Å². The molecule has 1 unspecified atom stereocenters. The maximum atomic E-state index is 13.2. The van der Waals surface area contributed by atoms with Gasteiger partial charge < -0.3 is 10.1 Å². The van der Waals surface area contributed by atoms with E-state index in [9.17, 15) is 13.2 Å². The molecular weight excluding hydrogens is 404 g/mol. The molecule has 1 aliphatic carbocycles. The van der Waals surface area contributed by atoms with E-state index < -0.39 is 16.1 Å². The number of nitrogens with one attached hydrogen (secondary N) is 2. The van der Waals surface area contributed by atoms with Gasteiger partial charge in [-0.2, -0.15) is 5.10 Å². The molecule has 156 valence electrons. The van der Waals surface area contributed by atoms with Gasteiger partial charge in [-0.15, -0.1) is 0 Å². The summed E-state index contributed by atoms with van der Waals surface area (Å²) in [5.41, 5.74) is 1.02. The van der Waals surface area contributed by atoms with Crippen LogP contribution in [0.2, 0.25) is 0 Å². The Labute approximate surface area is 174 Å². The molecule has 1 saturated carbocycles. The van der Waals surface area contributed by atoms with Gasteiger partial charge in [0.2, 0.25) is 10.0 Å². The lowest BCUT2D eigenvalue weighted by atomic mass is 10.1. The Kier molecular flexibility index (Phi) is 5.56. The highest BCUT2D eigenvalue weighted by molar-refractivity contribution is 7.89. The first-order valence-electron chi connectivity index (χ1n) is 9.53. The summed E-state index contributed by atoms with van der Waals surface area (Å²) in [6.07, 6.45) is 4.97. The molecule has 1 amide bonds. The zero-order valence-electron chi connectivity index (χ0n) is 16.4. The van der Waals surface area contributed by atoms with Crippen molar-refractivity contribution in [2.24, 2.45) is 0 Å². The maximum Gasteiger partial charge on any atom is 0.253 e. The standard InChI is InChI=1S/C21H22N4O4S/c1-29-19-11-10-17(30(27,28)24-16-8-9-16)14-18(19)23-21(26)20(25-13-5-12-22-25)15-6-3-2-4-7-15/h2-7,10-14,16,20,24H,8-9H2,1H3,(H,23,26). The molecule has 1 heterocycles. The van der Waals surface area contributed by atoms with Crippen LogP contribution >= 0.6 is 0 Å². The molecule has 1 aliphatic rings. The van der Waals surface area contributed by atoms with E-state index in [1.165, 1.54) is 25.3 Å². The molecule has 4 rings (SSSR count). The lowest BCUT2D eigenvalue weighted by molar-refractivity contribution is -0.118. The largest absolute Gasteiger partial charge is 0.495 e. The highest BCUT2D eigenvalue weighted by Crippen LogP contribution is 2.30. The molecule has 0 aliphatic heterocycles. The number of carbonyl (C=O) groups excluding carboxylic acids is 1. The molecule has 8 nitrogen and oxygen atoms in total. The predicted octanol–water partition coefficient (Wildman–Crippen LogP) is 2.56. The van der Waals surface area contributed by atoms with Crippen molar-refractivity contribution >= 4 is 21.6 Å². The van der Waals surface area contributed by atoms with Crippen LogP contribution in [-0.4, -0.2) is 37.3 Å². The average Bonchev–Trinajstić information content (AvgIpc) is 3.38. The van der Waals surface area contributed by atoms with Gasteiger partial charge in [-0.1, -0.05) is 30.3 Å². The van der Waals surface area contributed by atoms with Crippen molar-refractivity contribution in [2.75, 3.05) is 12.4 Å². The fourth-order valence-electron chi connectivity index (χ4n) is 3.13. The van der Waals surface area contributed by atoms with Gasteiger partial charge in [0.05, 0.1) is 17.7 Å². The van der Waals surface area contributed by atoms with Crippen LogP contribution in [0.4, 0.5) is 5.69 Å². The number of benzene rings is 2. The fraction of sp³-hybridized carbons (Fsp3) is 0.238. The van der Waals surface area contributed by atoms with Crippen molar-refractivity contribution < 1.29 is 17.9 Å². The monoisotopic (exact) mass is 426 g/mol. The third-order valence-corrected chi connectivity index (χ3v) is 6.31. The predicted molar refractivity (Wildman–Crippen MR) is 112 cm³/mol. The lowest BCUT2D eigenvalue weighted by Crippen LogP contribution is -2.28. The number of amides is 1. The van der Waals surface area contributed by atoms with E-state index in [1.54, 1.807) is 23.1 Å². The number of aromatic nitrogens is 2. The Hall–Kier alpha value is -3.17. The van der Waals surface area contributed by atoms with Gasteiger partial charge in [0, 0.05) is 18.4 Å². The summed E-state index contributed by atoms with van der Waals surface area (Å²) in [7, 11) is -2.21. The van der Waals surface area contributed by atoms with E-state index in [0.29, 0.717) is 5.75 Å². The normalized spacial score (nSPS) is 14.8. The van der Waals surface area contributed by atoms with E-state index >= 15 is 0 Å². The topological polar surface area (TPSA) is 102 Å². The van der Waals surface area contributed by atoms with E-state index in [2.05, 4.69) is 15.1 Å². The molecule has 0 saturated heterocycles. The van der Waals surface area contributed by atoms with Crippen LogP contribution in [0, 0.1) is 0 Å². The van der Waals surface area contributed by atoms with Crippen molar-refractivity contribution in [3.63, 3.8) is 0 Å². The molecule has 9 heteroatoms. The molecular formula is C21H22N4O4S. The van der Waals surface area contributed by atoms with Crippen molar-refractivity contribution in [1.29, 1.82) is 0 Å². The first-order valence-corrected chi connectivity index (χ1v) is 11.0. The molecule has 0 bridgehead atoms. The number of hydrogen-bond donors (Lipinski definition) is 2. The Morgan fingerprint density at radius 1 is 1.17 bits per heavy atom. The first kappa shape index (κ1) is 20.1. The summed E-state index contributed by atoms with van der Waals surface area (Å²) < 4.78 is 34.7. The number of rotatable bonds is 8. The minimum atomic E-state index is -3.67. The molecule has 1 aromatic heterocycles. The van der Waals surface area contributed by atoms with Crippen molar-refractivity contribution in [1.82, 2.24) is 14.5 Å². The number of sulfonamides is 1. The SMILES string of the molecule is COc1ccc(S(=O)(=O)NC2CC2)cc1NC(=O)C(c1ccccc1)n1cccn1. The number of carbonyl (C=O) groups is 1. The van der Waals surface area contributed by atoms with Crippen molar-refractivity contribution in [3.8, 4) is 5.75 Å². The smallest absolute Gasteiger partial charge is 0.253 e. The number of anilines is 1. The summed E-state index contributed by atoms with van der Waals surface area (Å²) >= 11 is 0. The van der Waals surface area contributed by atoms with E-state index in [1.807, 2.05) is 30.3 Å². The fourth-order valence-corrected chi connectivity index (χ4v) is 4.47. The molecule has 2 N–H and O–H groups in total. The summed E-state index contributed by atoms with van der Waals surface area (Å²) in [6, 6.07) is 14.6. The summed E-state index contributed by atoms with van der Waals surface area (Å²) in [5, 5.41) is 7.03. The molecule has 30 heavy (non-hydrogen) atoms. The molecule has 2 aromatic carbocycles. The summed E-state index contributed by atoms with van der Waals surface area (Å²) in [4.78, 5) is 13.3. The highest BCUT2D eigenvalue weighted by atomic mass is 32.2. The second-order valence-corrected chi connectivity index (χ2v) is 8.76. The first-order chi connectivity index (χ1) is 14.5. The van der Waals surface area contributed by atoms with E-state index in [0.717, 1.165) is 18.4 Å². The van der Waals surface area contributed by atoms with Gasteiger partial charge in [-0.05, 0) is 42.7 Å². The van der Waals surface area contributed by atoms with E-state index in [4.69, 9.17) is 4.74 Å². The Morgan fingerprint density at radius 3 is 2.57 bits per heavy atom. The van der Waals surface area contributed by atoms with Crippen LogP contribution in [0.15, 0.2) is 71.9 Å². The highest BCUT2D eigenvalue weighted by Gasteiger charge is 2.29. The van der Waals surface area contributed by atoms with Crippen LogP contribution in [0.25, 0.3) is 0 Å². The third-order valence-electron chi connectivity index (χ3n) is 4.79. The minimum absolute atomic E-state index is 0.0163. The maximum absolute atomic E-state index is 13.2. The van der Waals surface area contributed by atoms with Gasteiger partial charge in [0.15, 0.2) is 6.04 Å². The molecule has 1 fully saturated rings. The second-order valence-electron chi connectivity index (χ2n) is 7.05. The second kappa shape index (κ2) is 8.29. The van der Waals surface area contributed by atoms with Crippen LogP contribution in [0.3, 0.4) is 0 Å². The van der Waals surface area contributed by atoms with Gasteiger partial charge >= 0.3 is 0 Å². The average molecular weight is 426 g/mol. The number of ether oxygens (including phenoxy) is 1. The Morgan fingerprint density at radius 2 is 1.93 bits per heavy atom. The minimum Gasteiger partial charge on any atom is -0.495 e. The van der Waals surface area contributed by atoms with E-state index in [-0.39, 0.29) is 22.5 Å². The van der Waals surface area contributed by atoms with Crippen LogP contribution < -0.4 is 14.8 Å². The Balaban J connectivity index is 1.66.